The van der Waals surface area contributed by atoms with Gasteiger partial charge in [-0.3, -0.25) is 4.55 Å². The number of alkyl halides is 3. The van der Waals surface area contributed by atoms with Gasteiger partial charge in [0.1, 0.15) is 12.2 Å². The highest BCUT2D eigenvalue weighted by molar-refractivity contribution is 7.86. The molecule has 1 aromatic rings. The number of hydrogen-bond acceptors (Lipinski definition) is 5. The Morgan fingerprint density at radius 3 is 2.56 bits per heavy atom. The third-order valence-corrected chi connectivity index (χ3v) is 3.14. The minimum absolute atomic E-state index is 0.483. The van der Waals surface area contributed by atoms with E-state index in [9.17, 15) is 13.2 Å². The molecule has 1 N–H and O–H groups in total. The molecule has 0 fully saturated rings. The molecule has 11 heteroatoms. The lowest BCUT2D eigenvalue weighted by molar-refractivity contribution is -0.0510. The van der Waals surface area contributed by atoms with Gasteiger partial charge in [-0.2, -0.15) is 34.2 Å². The zero-order valence-corrected chi connectivity index (χ0v) is 10.6. The molecular weight excluding hydrogens is 295 g/mol. The second kappa shape index (κ2) is 5.45. The predicted molar refractivity (Wildman–Crippen MR) is 58.7 cm³/mol. The lowest BCUT2D eigenvalue weighted by Gasteiger charge is -2.17. The van der Waals surface area contributed by atoms with E-state index in [-0.39, 0.29) is 0 Å². The lowest BCUT2D eigenvalue weighted by atomic mass is 10.1. The normalized spacial score (nSPS) is 19.7. The standard InChI is InChI=1S/C6H9N3S.CHF3O3S/c10-5-1-2-9-4-7-8-6(9)3-5;2-1(3,4)8(5,6)7/h4-5,10H,1-3H2;(H,5,6,7). The fraction of sp³-hybridized carbons (Fsp3) is 0.714. The van der Waals surface area contributed by atoms with Crippen LogP contribution in [0.5, 0.6) is 0 Å². The van der Waals surface area contributed by atoms with Crippen LogP contribution in [0.25, 0.3) is 0 Å². The van der Waals surface area contributed by atoms with Crippen molar-refractivity contribution in [2.45, 2.75) is 30.1 Å². The summed E-state index contributed by atoms with van der Waals surface area (Å²) in [5, 5.41) is 8.27. The molecule has 18 heavy (non-hydrogen) atoms. The van der Waals surface area contributed by atoms with E-state index in [1.165, 1.54) is 0 Å². The van der Waals surface area contributed by atoms with Crippen LogP contribution in [0.1, 0.15) is 12.2 Å². The number of fused-ring (bicyclic) bond motifs is 1. The van der Waals surface area contributed by atoms with Crippen molar-refractivity contribution in [1.29, 1.82) is 0 Å². The Kier molecular flexibility index (Phi) is 4.61. The van der Waals surface area contributed by atoms with Gasteiger partial charge in [-0.25, -0.2) is 0 Å². The maximum atomic E-state index is 10.7. The number of nitrogens with zero attached hydrogens (tertiary/aromatic N) is 3. The van der Waals surface area contributed by atoms with E-state index >= 15 is 0 Å². The summed E-state index contributed by atoms with van der Waals surface area (Å²) in [7, 11) is -5.84. The van der Waals surface area contributed by atoms with Crippen LogP contribution in [-0.4, -0.2) is 38.5 Å². The molecule has 2 rings (SSSR count). The number of thiol groups is 1. The van der Waals surface area contributed by atoms with E-state index in [0.29, 0.717) is 5.25 Å². The van der Waals surface area contributed by atoms with E-state index < -0.39 is 15.6 Å². The third-order valence-electron chi connectivity index (χ3n) is 2.11. The first-order valence-electron chi connectivity index (χ1n) is 4.70. The van der Waals surface area contributed by atoms with Gasteiger partial charge in [0.15, 0.2) is 0 Å². The van der Waals surface area contributed by atoms with E-state index in [1.54, 1.807) is 6.33 Å². The van der Waals surface area contributed by atoms with Crippen molar-refractivity contribution in [2.75, 3.05) is 0 Å². The maximum Gasteiger partial charge on any atom is 0.522 e. The first-order chi connectivity index (χ1) is 8.11. The predicted octanol–water partition coefficient (Wildman–Crippen LogP) is 0.917. The quantitative estimate of drug-likeness (QED) is 0.423. The van der Waals surface area contributed by atoms with E-state index in [0.717, 1.165) is 25.2 Å². The molecular formula is C7H10F3N3O3S2. The van der Waals surface area contributed by atoms with Gasteiger partial charge in [-0.15, -0.1) is 10.2 Å². The Morgan fingerprint density at radius 2 is 2.06 bits per heavy atom. The van der Waals surface area contributed by atoms with Crippen molar-refractivity contribution in [2.24, 2.45) is 0 Å². The average molecular weight is 305 g/mol. The van der Waals surface area contributed by atoms with Gasteiger partial charge in [0, 0.05) is 18.2 Å². The van der Waals surface area contributed by atoms with E-state index in [2.05, 4.69) is 27.4 Å². The van der Waals surface area contributed by atoms with Gasteiger partial charge in [-0.05, 0) is 6.42 Å². The van der Waals surface area contributed by atoms with Crippen molar-refractivity contribution in [3.8, 4) is 0 Å². The SMILES string of the molecule is O=S(=O)(O)C(F)(F)F.SC1CCn2cnnc2C1. The Balaban J connectivity index is 0.000000187. The second-order valence-corrected chi connectivity index (χ2v) is 5.65. The summed E-state index contributed by atoms with van der Waals surface area (Å²) in [5.41, 5.74) is -5.53. The summed E-state index contributed by atoms with van der Waals surface area (Å²) >= 11 is 4.38. The molecule has 6 nitrogen and oxygen atoms in total. The average Bonchev–Trinajstić information content (AvgIpc) is 2.62. The summed E-state index contributed by atoms with van der Waals surface area (Å²) in [5.74, 6) is 1.08. The molecule has 1 unspecified atom stereocenters. The molecule has 1 aromatic heterocycles. The first-order valence-corrected chi connectivity index (χ1v) is 6.65. The molecule has 0 saturated heterocycles. The fourth-order valence-corrected chi connectivity index (χ4v) is 1.50. The zero-order valence-electron chi connectivity index (χ0n) is 8.87. The number of rotatable bonds is 0. The van der Waals surface area contributed by atoms with Crippen molar-refractivity contribution in [1.82, 2.24) is 14.8 Å². The van der Waals surface area contributed by atoms with Crippen LogP contribution in [0.3, 0.4) is 0 Å². The lowest BCUT2D eigenvalue weighted by Crippen LogP contribution is -2.21. The highest BCUT2D eigenvalue weighted by Gasteiger charge is 2.44. The zero-order chi connectivity index (χ0) is 14.0. The van der Waals surface area contributed by atoms with Crippen LogP contribution in [0, 0.1) is 0 Å². The van der Waals surface area contributed by atoms with Crippen molar-refractivity contribution < 1.29 is 26.1 Å². The summed E-state index contributed by atoms with van der Waals surface area (Å²) in [6, 6.07) is 0. The minimum Gasteiger partial charge on any atom is -0.318 e. The summed E-state index contributed by atoms with van der Waals surface area (Å²) in [6.07, 6.45) is 3.88. The molecule has 104 valence electrons. The molecule has 1 aliphatic heterocycles. The van der Waals surface area contributed by atoms with Gasteiger partial charge in [-0.1, -0.05) is 0 Å². The van der Waals surface area contributed by atoms with E-state index in [4.69, 9.17) is 13.0 Å². The molecule has 2 heterocycles. The van der Waals surface area contributed by atoms with Crippen molar-refractivity contribution in [3.63, 3.8) is 0 Å². The van der Waals surface area contributed by atoms with Crippen LogP contribution >= 0.6 is 12.6 Å². The number of aromatic nitrogens is 3. The van der Waals surface area contributed by atoms with Gasteiger partial charge in [0.25, 0.3) is 0 Å². The molecule has 0 aliphatic carbocycles. The van der Waals surface area contributed by atoms with Crippen LogP contribution in [0.2, 0.25) is 0 Å². The van der Waals surface area contributed by atoms with Crippen molar-refractivity contribution >= 4 is 22.7 Å². The fourth-order valence-electron chi connectivity index (χ4n) is 1.22. The van der Waals surface area contributed by atoms with Gasteiger partial charge < -0.3 is 4.57 Å². The maximum absolute atomic E-state index is 10.7. The van der Waals surface area contributed by atoms with Crippen LogP contribution in [-0.2, 0) is 23.1 Å². The van der Waals surface area contributed by atoms with Crippen molar-refractivity contribution in [3.05, 3.63) is 12.2 Å². The van der Waals surface area contributed by atoms with Crippen LogP contribution in [0.15, 0.2) is 6.33 Å². The van der Waals surface area contributed by atoms with Gasteiger partial charge in [0.05, 0.1) is 0 Å². The summed E-state index contributed by atoms with van der Waals surface area (Å²) in [6.45, 7) is 1.02. The summed E-state index contributed by atoms with van der Waals surface area (Å²) < 4.78 is 59.6. The Bertz CT molecular complexity index is 500. The molecule has 0 aromatic carbocycles. The van der Waals surface area contributed by atoms with Crippen LogP contribution < -0.4 is 0 Å². The minimum atomic E-state index is -5.84. The number of halogens is 3. The third kappa shape index (κ3) is 4.14. The second-order valence-electron chi connectivity index (χ2n) is 3.51. The van der Waals surface area contributed by atoms with Crippen LogP contribution in [0.4, 0.5) is 13.2 Å². The molecule has 0 saturated carbocycles. The number of aryl methyl sites for hydroxylation is 1. The molecule has 1 aliphatic rings. The molecule has 0 amide bonds. The Labute approximate surface area is 106 Å². The monoisotopic (exact) mass is 305 g/mol. The van der Waals surface area contributed by atoms with E-state index in [1.807, 2.05) is 0 Å². The largest absolute Gasteiger partial charge is 0.522 e. The molecule has 0 radical (unpaired) electrons. The molecule has 0 spiro atoms. The Morgan fingerprint density at radius 1 is 1.50 bits per heavy atom. The first kappa shape index (κ1) is 15.2. The topological polar surface area (TPSA) is 85.1 Å². The smallest absolute Gasteiger partial charge is 0.318 e. The summed E-state index contributed by atoms with van der Waals surface area (Å²) in [4.78, 5) is 0. The molecule has 0 bridgehead atoms. The Hall–Kier alpha value is -0.810. The van der Waals surface area contributed by atoms with Gasteiger partial charge >= 0.3 is 15.6 Å². The number of hydrogen-bond donors (Lipinski definition) is 2. The van der Waals surface area contributed by atoms with Gasteiger partial charge in [0.2, 0.25) is 0 Å². The highest BCUT2D eigenvalue weighted by atomic mass is 32.2. The molecule has 1 atom stereocenters. The highest BCUT2D eigenvalue weighted by Crippen LogP contribution is 2.20.